The highest BCUT2D eigenvalue weighted by atomic mass is 16.4. The molecule has 1 aliphatic heterocycles. The molecule has 0 spiro atoms. The SMILES string of the molecule is O=NN1CC2CCC(C(=O)O)C2C1. The van der Waals surface area contributed by atoms with Gasteiger partial charge < -0.3 is 5.11 Å². The van der Waals surface area contributed by atoms with Crippen molar-refractivity contribution in [2.75, 3.05) is 13.1 Å². The van der Waals surface area contributed by atoms with Crippen molar-refractivity contribution in [3.8, 4) is 0 Å². The molecule has 13 heavy (non-hydrogen) atoms. The summed E-state index contributed by atoms with van der Waals surface area (Å²) >= 11 is 0. The molecule has 2 fully saturated rings. The fourth-order valence-corrected chi connectivity index (χ4v) is 2.62. The molecule has 1 heterocycles. The van der Waals surface area contributed by atoms with Crippen LogP contribution in [0, 0.1) is 22.7 Å². The molecule has 3 unspecified atom stereocenters. The van der Waals surface area contributed by atoms with Gasteiger partial charge in [0, 0.05) is 13.1 Å². The third kappa shape index (κ3) is 1.28. The summed E-state index contributed by atoms with van der Waals surface area (Å²) in [5, 5.41) is 13.2. The number of nitrogens with zero attached hydrogens (tertiary/aromatic N) is 2. The van der Waals surface area contributed by atoms with E-state index in [2.05, 4.69) is 5.29 Å². The molecule has 1 aliphatic carbocycles. The Bertz CT molecular complexity index is 244. The summed E-state index contributed by atoms with van der Waals surface area (Å²) in [4.78, 5) is 21.1. The van der Waals surface area contributed by atoms with Crippen LogP contribution < -0.4 is 0 Å². The van der Waals surface area contributed by atoms with E-state index in [1.54, 1.807) is 0 Å². The molecule has 2 aliphatic rings. The van der Waals surface area contributed by atoms with Crippen molar-refractivity contribution in [1.82, 2.24) is 5.01 Å². The maximum atomic E-state index is 10.8. The van der Waals surface area contributed by atoms with Crippen LogP contribution >= 0.6 is 0 Å². The minimum Gasteiger partial charge on any atom is -0.481 e. The van der Waals surface area contributed by atoms with Crippen LogP contribution in [-0.2, 0) is 4.79 Å². The van der Waals surface area contributed by atoms with E-state index in [-0.39, 0.29) is 11.8 Å². The second-order valence-electron chi connectivity index (χ2n) is 3.90. The summed E-state index contributed by atoms with van der Waals surface area (Å²) in [6, 6.07) is 0. The number of aliphatic carboxylic acids is 1. The van der Waals surface area contributed by atoms with E-state index in [4.69, 9.17) is 5.11 Å². The summed E-state index contributed by atoms with van der Waals surface area (Å²) in [7, 11) is 0. The van der Waals surface area contributed by atoms with Crippen LogP contribution in [0.2, 0.25) is 0 Å². The van der Waals surface area contributed by atoms with Crippen LogP contribution in [0.15, 0.2) is 5.29 Å². The number of fused-ring (bicyclic) bond motifs is 1. The molecule has 2 rings (SSSR count). The normalized spacial score (nSPS) is 37.5. The first kappa shape index (κ1) is 8.47. The van der Waals surface area contributed by atoms with Crippen LogP contribution in [0.4, 0.5) is 0 Å². The highest BCUT2D eigenvalue weighted by Gasteiger charge is 2.45. The molecule has 0 aromatic heterocycles. The van der Waals surface area contributed by atoms with E-state index in [1.807, 2.05) is 0 Å². The number of hydrogen-bond donors (Lipinski definition) is 1. The van der Waals surface area contributed by atoms with E-state index in [0.717, 1.165) is 12.8 Å². The molecule has 3 atom stereocenters. The molecular weight excluding hydrogens is 172 g/mol. The molecule has 72 valence electrons. The third-order valence-electron chi connectivity index (χ3n) is 3.27. The Morgan fingerprint density at radius 3 is 2.77 bits per heavy atom. The number of carbonyl (C=O) groups is 1. The summed E-state index contributed by atoms with van der Waals surface area (Å²) in [5.41, 5.74) is 0. The fraction of sp³-hybridized carbons (Fsp3) is 0.875. The van der Waals surface area contributed by atoms with E-state index in [1.165, 1.54) is 5.01 Å². The molecule has 0 aromatic rings. The van der Waals surface area contributed by atoms with Crippen molar-refractivity contribution in [3.63, 3.8) is 0 Å². The smallest absolute Gasteiger partial charge is 0.306 e. The van der Waals surface area contributed by atoms with E-state index in [0.29, 0.717) is 19.0 Å². The van der Waals surface area contributed by atoms with Crippen molar-refractivity contribution in [3.05, 3.63) is 4.91 Å². The molecular formula is C8H12N2O3. The Morgan fingerprint density at radius 2 is 2.15 bits per heavy atom. The van der Waals surface area contributed by atoms with E-state index in [9.17, 15) is 9.70 Å². The van der Waals surface area contributed by atoms with Crippen molar-refractivity contribution < 1.29 is 9.90 Å². The molecule has 0 bridgehead atoms. The minimum atomic E-state index is -0.722. The predicted octanol–water partition coefficient (Wildman–Crippen LogP) is 0.710. The van der Waals surface area contributed by atoms with Crippen molar-refractivity contribution in [2.24, 2.45) is 23.0 Å². The van der Waals surface area contributed by atoms with Crippen LogP contribution in [0.25, 0.3) is 0 Å². The summed E-state index contributed by atoms with van der Waals surface area (Å²) in [6.45, 7) is 1.18. The lowest BCUT2D eigenvalue weighted by atomic mass is 9.93. The monoisotopic (exact) mass is 184 g/mol. The lowest BCUT2D eigenvalue weighted by Gasteiger charge is -2.12. The lowest BCUT2D eigenvalue weighted by molar-refractivity contribution is -0.143. The highest BCUT2D eigenvalue weighted by molar-refractivity contribution is 5.71. The van der Waals surface area contributed by atoms with Crippen LogP contribution in [0.1, 0.15) is 12.8 Å². The first-order valence-electron chi connectivity index (χ1n) is 4.53. The van der Waals surface area contributed by atoms with E-state index < -0.39 is 5.97 Å². The highest BCUT2D eigenvalue weighted by Crippen LogP contribution is 2.42. The van der Waals surface area contributed by atoms with Gasteiger partial charge in [-0.3, -0.25) is 9.80 Å². The Balaban J connectivity index is 2.07. The molecule has 5 heteroatoms. The number of carboxylic acid groups (broad SMARTS) is 1. The summed E-state index contributed by atoms with van der Waals surface area (Å²) in [6.07, 6.45) is 1.69. The third-order valence-corrected chi connectivity index (χ3v) is 3.27. The average molecular weight is 184 g/mol. The molecule has 0 radical (unpaired) electrons. The predicted molar refractivity (Wildman–Crippen MR) is 44.7 cm³/mol. The molecule has 1 N–H and O–H groups in total. The topological polar surface area (TPSA) is 70.0 Å². The van der Waals surface area contributed by atoms with Gasteiger partial charge in [0.15, 0.2) is 0 Å². The number of rotatable bonds is 2. The van der Waals surface area contributed by atoms with Gasteiger partial charge in [-0.05, 0) is 24.7 Å². The number of hydrogen-bond acceptors (Lipinski definition) is 3. The maximum absolute atomic E-state index is 10.8. The fourth-order valence-electron chi connectivity index (χ4n) is 2.62. The van der Waals surface area contributed by atoms with Gasteiger partial charge >= 0.3 is 5.97 Å². The first-order valence-corrected chi connectivity index (χ1v) is 4.53. The second-order valence-corrected chi connectivity index (χ2v) is 3.90. The summed E-state index contributed by atoms with van der Waals surface area (Å²) < 4.78 is 0. The van der Waals surface area contributed by atoms with Crippen molar-refractivity contribution in [2.45, 2.75) is 12.8 Å². The average Bonchev–Trinajstić information content (AvgIpc) is 2.59. The Morgan fingerprint density at radius 1 is 1.38 bits per heavy atom. The van der Waals surface area contributed by atoms with Gasteiger partial charge in [-0.15, -0.1) is 4.91 Å². The zero-order valence-electron chi connectivity index (χ0n) is 7.22. The van der Waals surface area contributed by atoms with Gasteiger partial charge in [-0.1, -0.05) is 0 Å². The van der Waals surface area contributed by atoms with Crippen LogP contribution in [-0.4, -0.2) is 29.2 Å². The van der Waals surface area contributed by atoms with Gasteiger partial charge in [0.2, 0.25) is 0 Å². The van der Waals surface area contributed by atoms with Gasteiger partial charge in [0.25, 0.3) is 0 Å². The second kappa shape index (κ2) is 2.97. The standard InChI is InChI=1S/C8H12N2O3/c11-8(12)6-2-1-5-3-10(9-13)4-7(5)6/h5-7H,1-4H2,(H,11,12). The minimum absolute atomic E-state index is 0.148. The molecule has 0 amide bonds. The van der Waals surface area contributed by atoms with Crippen molar-refractivity contribution >= 4 is 5.97 Å². The molecule has 1 saturated carbocycles. The Hall–Kier alpha value is -1.13. The zero-order valence-corrected chi connectivity index (χ0v) is 7.22. The largest absolute Gasteiger partial charge is 0.481 e. The Kier molecular flexibility index (Phi) is 1.94. The van der Waals surface area contributed by atoms with Gasteiger partial charge in [-0.2, -0.15) is 0 Å². The van der Waals surface area contributed by atoms with Crippen LogP contribution in [0.3, 0.4) is 0 Å². The molecule has 0 aromatic carbocycles. The van der Waals surface area contributed by atoms with Crippen molar-refractivity contribution in [1.29, 1.82) is 0 Å². The summed E-state index contributed by atoms with van der Waals surface area (Å²) in [5.74, 6) is -0.453. The first-order chi connectivity index (χ1) is 6.22. The van der Waals surface area contributed by atoms with Crippen LogP contribution in [0.5, 0.6) is 0 Å². The molecule has 1 saturated heterocycles. The molecule has 5 nitrogen and oxygen atoms in total. The number of carboxylic acids is 1. The maximum Gasteiger partial charge on any atom is 0.306 e. The zero-order chi connectivity index (χ0) is 9.42. The van der Waals surface area contributed by atoms with Gasteiger partial charge in [0.05, 0.1) is 11.2 Å². The quantitative estimate of drug-likeness (QED) is 0.641. The lowest BCUT2D eigenvalue weighted by Crippen LogP contribution is -2.23. The Labute approximate surface area is 75.7 Å². The van der Waals surface area contributed by atoms with Gasteiger partial charge in [0.1, 0.15) is 0 Å². The van der Waals surface area contributed by atoms with Gasteiger partial charge in [-0.25, -0.2) is 0 Å². The number of nitroso groups, excluding NO2 is 1. The van der Waals surface area contributed by atoms with E-state index >= 15 is 0 Å².